The zero-order valence-corrected chi connectivity index (χ0v) is 14.0. The van der Waals surface area contributed by atoms with Crippen LogP contribution in [0, 0.1) is 0 Å². The normalized spacial score (nSPS) is 15.8. The molecule has 0 saturated carbocycles. The zero-order valence-electron chi connectivity index (χ0n) is 14.0. The molecule has 0 atom stereocenters. The Bertz CT molecular complexity index is 801. The zero-order chi connectivity index (χ0) is 16.4. The summed E-state index contributed by atoms with van der Waals surface area (Å²) in [4.78, 5) is 8.33. The molecule has 1 N–H and O–H groups in total. The monoisotopic (exact) mass is 321 g/mol. The molecule has 0 unspecified atom stereocenters. The van der Waals surface area contributed by atoms with Gasteiger partial charge >= 0.3 is 0 Å². The van der Waals surface area contributed by atoms with Gasteiger partial charge in [0.15, 0.2) is 0 Å². The summed E-state index contributed by atoms with van der Waals surface area (Å²) in [6.07, 6.45) is 2.02. The molecule has 124 valence electrons. The van der Waals surface area contributed by atoms with E-state index in [1.54, 1.807) is 7.11 Å². The number of methoxy groups -OCH3 is 1. The molecule has 0 spiro atoms. The number of ether oxygens (including phenoxy) is 1. The van der Waals surface area contributed by atoms with Crippen LogP contribution in [0.3, 0.4) is 0 Å². The minimum absolute atomic E-state index is 0.920. The first-order valence-corrected chi connectivity index (χ1v) is 8.50. The van der Waals surface area contributed by atoms with Gasteiger partial charge in [0.1, 0.15) is 5.75 Å². The molecule has 24 heavy (non-hydrogen) atoms. The van der Waals surface area contributed by atoms with E-state index >= 15 is 0 Å². The van der Waals surface area contributed by atoms with Gasteiger partial charge < -0.3 is 14.6 Å². The molecule has 1 saturated heterocycles. The number of hydrogen-bond acceptors (Lipinski definition) is 3. The Morgan fingerprint density at radius 2 is 1.75 bits per heavy atom. The van der Waals surface area contributed by atoms with Crippen LogP contribution in [0.4, 0.5) is 5.69 Å². The van der Waals surface area contributed by atoms with Crippen LogP contribution in [-0.4, -0.2) is 43.2 Å². The van der Waals surface area contributed by atoms with Crippen LogP contribution in [0.1, 0.15) is 5.56 Å². The molecule has 0 bridgehead atoms. The van der Waals surface area contributed by atoms with E-state index in [4.69, 9.17) is 4.74 Å². The van der Waals surface area contributed by atoms with Crippen LogP contribution < -0.4 is 9.64 Å². The van der Waals surface area contributed by atoms with Crippen molar-refractivity contribution in [1.82, 2.24) is 9.88 Å². The molecule has 0 aliphatic carbocycles. The fraction of sp³-hybridized carbons (Fsp3) is 0.300. The SMILES string of the molecule is COc1ccc(CN2CCN(c3cccc4[nH]ccc34)CC2)cc1. The number of fused-ring (bicyclic) bond motifs is 1. The number of rotatable bonds is 4. The summed E-state index contributed by atoms with van der Waals surface area (Å²) in [6, 6.07) is 17.1. The van der Waals surface area contributed by atoms with E-state index in [9.17, 15) is 0 Å². The second kappa shape index (κ2) is 6.57. The predicted octanol–water partition coefficient (Wildman–Crippen LogP) is 3.50. The summed E-state index contributed by atoms with van der Waals surface area (Å²) in [7, 11) is 1.71. The van der Waals surface area contributed by atoms with Gasteiger partial charge in [0.05, 0.1) is 7.11 Å². The summed E-state index contributed by atoms with van der Waals surface area (Å²) >= 11 is 0. The molecular weight excluding hydrogens is 298 g/mol. The molecule has 2 aromatic carbocycles. The molecule has 1 aromatic heterocycles. The molecule has 0 radical (unpaired) electrons. The molecule has 1 fully saturated rings. The van der Waals surface area contributed by atoms with Gasteiger partial charge in [0.2, 0.25) is 0 Å². The van der Waals surface area contributed by atoms with E-state index in [-0.39, 0.29) is 0 Å². The van der Waals surface area contributed by atoms with Crippen LogP contribution in [0.15, 0.2) is 54.7 Å². The standard InChI is InChI=1S/C20H23N3O/c1-24-17-7-5-16(6-8-17)15-22-11-13-23(14-12-22)20-4-2-3-19-18(20)9-10-21-19/h2-10,21H,11-15H2,1H3. The second-order valence-corrected chi connectivity index (χ2v) is 6.33. The third-order valence-electron chi connectivity index (χ3n) is 4.85. The van der Waals surface area contributed by atoms with Crippen molar-refractivity contribution in [2.75, 3.05) is 38.2 Å². The summed E-state index contributed by atoms with van der Waals surface area (Å²) in [5, 5.41) is 1.32. The Labute approximate surface area is 142 Å². The third kappa shape index (κ3) is 2.97. The Morgan fingerprint density at radius 3 is 2.50 bits per heavy atom. The van der Waals surface area contributed by atoms with Gasteiger partial charge in [-0.25, -0.2) is 0 Å². The fourth-order valence-electron chi connectivity index (χ4n) is 3.48. The predicted molar refractivity (Wildman–Crippen MR) is 98.8 cm³/mol. The highest BCUT2D eigenvalue weighted by Gasteiger charge is 2.18. The van der Waals surface area contributed by atoms with E-state index in [0.717, 1.165) is 38.5 Å². The number of aromatic nitrogens is 1. The first-order valence-electron chi connectivity index (χ1n) is 8.50. The molecule has 4 rings (SSSR count). The smallest absolute Gasteiger partial charge is 0.118 e. The average Bonchev–Trinajstić information content (AvgIpc) is 3.12. The number of hydrogen-bond donors (Lipinski definition) is 1. The highest BCUT2D eigenvalue weighted by atomic mass is 16.5. The van der Waals surface area contributed by atoms with Crippen LogP contribution in [0.25, 0.3) is 10.9 Å². The van der Waals surface area contributed by atoms with E-state index in [1.807, 2.05) is 18.3 Å². The van der Waals surface area contributed by atoms with Crippen LogP contribution in [-0.2, 0) is 6.54 Å². The molecule has 2 heterocycles. The quantitative estimate of drug-likeness (QED) is 0.798. The number of aromatic amines is 1. The molecule has 1 aliphatic rings. The van der Waals surface area contributed by atoms with Gasteiger partial charge in [-0.1, -0.05) is 18.2 Å². The van der Waals surface area contributed by atoms with E-state index < -0.39 is 0 Å². The van der Waals surface area contributed by atoms with Gasteiger partial charge in [-0.2, -0.15) is 0 Å². The largest absolute Gasteiger partial charge is 0.497 e. The van der Waals surface area contributed by atoms with Gasteiger partial charge in [0.25, 0.3) is 0 Å². The molecule has 3 aromatic rings. The highest BCUT2D eigenvalue weighted by molar-refractivity contribution is 5.92. The first-order chi connectivity index (χ1) is 11.8. The number of nitrogens with zero attached hydrogens (tertiary/aromatic N) is 2. The minimum atomic E-state index is 0.920. The van der Waals surface area contributed by atoms with Gasteiger partial charge in [-0.15, -0.1) is 0 Å². The third-order valence-corrected chi connectivity index (χ3v) is 4.85. The summed E-state index contributed by atoms with van der Waals surface area (Å²) in [5.41, 5.74) is 3.91. The van der Waals surface area contributed by atoms with Crippen molar-refractivity contribution < 1.29 is 4.74 Å². The van der Waals surface area contributed by atoms with E-state index in [1.165, 1.54) is 22.2 Å². The van der Waals surface area contributed by atoms with Crippen molar-refractivity contribution >= 4 is 16.6 Å². The van der Waals surface area contributed by atoms with Crippen molar-refractivity contribution in [2.45, 2.75) is 6.54 Å². The van der Waals surface area contributed by atoms with Crippen molar-refractivity contribution in [1.29, 1.82) is 0 Å². The maximum absolute atomic E-state index is 5.23. The van der Waals surface area contributed by atoms with Crippen LogP contribution in [0.2, 0.25) is 0 Å². The number of nitrogens with one attached hydrogen (secondary N) is 1. The molecule has 0 amide bonds. The van der Waals surface area contributed by atoms with E-state index in [2.05, 4.69) is 51.2 Å². The van der Waals surface area contributed by atoms with Gasteiger partial charge in [0, 0.05) is 55.5 Å². The lowest BCUT2D eigenvalue weighted by molar-refractivity contribution is 0.250. The molecule has 4 nitrogen and oxygen atoms in total. The Hall–Kier alpha value is -2.46. The second-order valence-electron chi connectivity index (χ2n) is 6.33. The lowest BCUT2D eigenvalue weighted by atomic mass is 10.1. The Kier molecular flexibility index (Phi) is 4.13. The van der Waals surface area contributed by atoms with Crippen molar-refractivity contribution in [3.8, 4) is 5.75 Å². The summed E-state index contributed by atoms with van der Waals surface area (Å²) < 4.78 is 5.23. The van der Waals surface area contributed by atoms with Crippen LogP contribution >= 0.6 is 0 Å². The first kappa shape index (κ1) is 15.1. The maximum Gasteiger partial charge on any atom is 0.118 e. The molecular formula is C20H23N3O. The Morgan fingerprint density at radius 1 is 0.958 bits per heavy atom. The summed E-state index contributed by atoms with van der Waals surface area (Å²) in [5.74, 6) is 0.920. The van der Waals surface area contributed by atoms with Crippen LogP contribution in [0.5, 0.6) is 5.75 Å². The average molecular weight is 321 g/mol. The number of H-pyrrole nitrogens is 1. The number of anilines is 1. The van der Waals surface area contributed by atoms with Gasteiger partial charge in [-0.05, 0) is 35.9 Å². The minimum Gasteiger partial charge on any atom is -0.497 e. The van der Waals surface area contributed by atoms with Crippen molar-refractivity contribution in [2.24, 2.45) is 0 Å². The number of piperazine rings is 1. The Balaban J connectivity index is 1.40. The van der Waals surface area contributed by atoms with Crippen molar-refractivity contribution in [3.05, 3.63) is 60.3 Å². The number of benzene rings is 2. The topological polar surface area (TPSA) is 31.5 Å². The van der Waals surface area contributed by atoms with E-state index in [0.29, 0.717) is 0 Å². The fourth-order valence-corrected chi connectivity index (χ4v) is 3.48. The molecule has 1 aliphatic heterocycles. The molecule has 4 heteroatoms. The maximum atomic E-state index is 5.23. The lowest BCUT2D eigenvalue weighted by Gasteiger charge is -2.36. The highest BCUT2D eigenvalue weighted by Crippen LogP contribution is 2.27. The lowest BCUT2D eigenvalue weighted by Crippen LogP contribution is -2.46. The van der Waals surface area contributed by atoms with Gasteiger partial charge in [-0.3, -0.25) is 4.90 Å². The summed E-state index contributed by atoms with van der Waals surface area (Å²) in [6.45, 7) is 5.33. The van der Waals surface area contributed by atoms with Crippen molar-refractivity contribution in [3.63, 3.8) is 0 Å².